The third-order valence-electron chi connectivity index (χ3n) is 15.1. The number of nitrogens with zero attached hydrogens (tertiary/aromatic N) is 2. The Hall–Kier alpha value is -8.72. The second-order valence-electron chi connectivity index (χ2n) is 18.9. The summed E-state index contributed by atoms with van der Waals surface area (Å²) in [6.45, 7) is 0. The summed E-state index contributed by atoms with van der Waals surface area (Å²) in [5.74, 6) is 0. The molecule has 0 radical (unpaired) electrons. The zero-order valence-electron chi connectivity index (χ0n) is 38.8. The summed E-state index contributed by atoms with van der Waals surface area (Å²) < 4.78 is 0. The van der Waals surface area contributed by atoms with E-state index in [9.17, 15) is 0 Å². The van der Waals surface area contributed by atoms with E-state index >= 15 is 0 Å². The van der Waals surface area contributed by atoms with Gasteiger partial charge >= 0.3 is 0 Å². The monoisotopic (exact) mass is 892 g/mol. The van der Waals surface area contributed by atoms with Crippen LogP contribution in [-0.2, 0) is 12.8 Å². The van der Waals surface area contributed by atoms with Crippen LogP contribution in [0.2, 0.25) is 0 Å². The van der Waals surface area contributed by atoms with Crippen LogP contribution in [0.5, 0.6) is 0 Å². The van der Waals surface area contributed by atoms with Gasteiger partial charge in [-0.25, -0.2) is 0 Å². The fourth-order valence-electron chi connectivity index (χ4n) is 11.9. The summed E-state index contributed by atoms with van der Waals surface area (Å²) >= 11 is 0. The molecule has 0 atom stereocenters. The average Bonchev–Trinajstić information content (AvgIpc) is 3.43. The van der Waals surface area contributed by atoms with Crippen LogP contribution >= 0.6 is 0 Å². The van der Waals surface area contributed by atoms with Gasteiger partial charge in [0.1, 0.15) is 0 Å². The molecule has 0 aromatic heterocycles. The number of allylic oxidation sites excluding steroid dienone is 2. The van der Waals surface area contributed by atoms with Gasteiger partial charge in [0.05, 0.1) is 34.1 Å². The molecule has 0 heterocycles. The Morgan fingerprint density at radius 3 is 1.14 bits per heavy atom. The van der Waals surface area contributed by atoms with E-state index in [4.69, 9.17) is 0 Å². The van der Waals surface area contributed by atoms with E-state index in [2.05, 4.69) is 252 Å². The van der Waals surface area contributed by atoms with Crippen LogP contribution < -0.4 is 9.80 Å². The van der Waals surface area contributed by atoms with Gasteiger partial charge in [0.25, 0.3) is 0 Å². The van der Waals surface area contributed by atoms with Gasteiger partial charge in [-0.05, 0) is 117 Å². The molecule has 0 amide bonds. The molecule has 0 unspecified atom stereocenters. The average molecular weight is 893 g/mol. The molecule has 12 aromatic rings. The lowest BCUT2D eigenvalue weighted by molar-refractivity contribution is 0.984. The summed E-state index contributed by atoms with van der Waals surface area (Å²) in [6.07, 6.45) is 13.6. The van der Waals surface area contributed by atoms with Crippen molar-refractivity contribution in [2.24, 2.45) is 0 Å². The number of benzene rings is 12. The Kier molecular flexibility index (Phi) is 9.52. The molecular weight excluding hydrogens is 845 g/mol. The molecule has 2 aliphatic rings. The minimum absolute atomic E-state index is 1.02. The molecule has 2 heteroatoms. The Morgan fingerprint density at radius 1 is 0.286 bits per heavy atom. The summed E-state index contributed by atoms with van der Waals surface area (Å²) in [4.78, 5) is 5.17. The van der Waals surface area contributed by atoms with Crippen LogP contribution in [0.15, 0.2) is 231 Å². The van der Waals surface area contributed by atoms with Crippen molar-refractivity contribution in [2.75, 3.05) is 9.80 Å². The van der Waals surface area contributed by atoms with Crippen molar-refractivity contribution in [3.05, 3.63) is 253 Å². The van der Waals surface area contributed by atoms with Crippen LogP contribution in [0.1, 0.15) is 35.1 Å². The Morgan fingerprint density at radius 2 is 0.671 bits per heavy atom. The van der Waals surface area contributed by atoms with Crippen molar-refractivity contribution < 1.29 is 0 Å². The number of rotatable bonds is 8. The van der Waals surface area contributed by atoms with Crippen molar-refractivity contribution in [1.29, 1.82) is 0 Å². The highest BCUT2D eigenvalue weighted by atomic mass is 15.2. The molecule has 0 fully saturated rings. The van der Waals surface area contributed by atoms with Crippen molar-refractivity contribution in [3.63, 3.8) is 0 Å². The second-order valence-corrected chi connectivity index (χ2v) is 18.9. The smallest absolute Gasteiger partial charge is 0.0547 e. The Balaban J connectivity index is 1.16. The zero-order chi connectivity index (χ0) is 46.1. The first kappa shape index (κ1) is 40.4. The van der Waals surface area contributed by atoms with Gasteiger partial charge in [-0.3, -0.25) is 0 Å². The van der Waals surface area contributed by atoms with Gasteiger partial charge in [0, 0.05) is 43.4 Å². The van der Waals surface area contributed by atoms with Gasteiger partial charge in [0.15, 0.2) is 0 Å². The Labute approximate surface area is 408 Å². The molecule has 0 N–H and O–H groups in total. The van der Waals surface area contributed by atoms with E-state index in [1.807, 2.05) is 0 Å². The van der Waals surface area contributed by atoms with Gasteiger partial charge < -0.3 is 9.80 Å². The van der Waals surface area contributed by atoms with E-state index < -0.39 is 0 Å². The molecule has 0 saturated carbocycles. The largest absolute Gasteiger partial charge is 0.309 e. The lowest BCUT2D eigenvalue weighted by Gasteiger charge is -2.33. The summed E-state index contributed by atoms with van der Waals surface area (Å²) in [5, 5.41) is 12.3. The minimum atomic E-state index is 1.02. The molecule has 2 nitrogen and oxygen atoms in total. The standard InChI is InChI=1S/C68H48N2/c1-3-19-49(20-4-1)59-43-65(69(61-35-15-27-45-23-7-11-31-51(45)61)62-36-16-28-46-24-8-12-32-52(46)62)57-42-40-56-60(50-21-5-2-6-22-50)44-66(58-41-39-55(59)67(57)68(56)58)70(63-37-17-29-47-25-9-13-33-53(47)63)64-38-18-30-48-26-10-14-34-54(48)64/h1-7,9,11-23,25,27-44H,8,10,24,26H2. The number of aryl methyl sites for hydroxylation is 2. The predicted octanol–water partition coefficient (Wildman–Crippen LogP) is 19.1. The molecule has 0 bridgehead atoms. The number of hydrogen-bond donors (Lipinski definition) is 0. The summed E-state index contributed by atoms with van der Waals surface area (Å²) in [5.41, 5.74) is 17.2. The van der Waals surface area contributed by atoms with E-state index in [-0.39, 0.29) is 0 Å². The van der Waals surface area contributed by atoms with E-state index in [1.54, 1.807) is 0 Å². The number of fused-ring (bicyclic) bond motifs is 4. The normalized spacial score (nSPS) is 13.1. The highest BCUT2D eigenvalue weighted by molar-refractivity contribution is 6.33. The SMILES string of the molecule is C1=Cc2c(cccc2N(c2cccc3ccccc23)c2cc(-c3ccccc3)c3ccc4c(N(c5cccc6c5C=CCC6)c5cccc6ccccc56)cc(-c5ccccc5)c5ccc2c3c54)CC1. The van der Waals surface area contributed by atoms with Crippen LogP contribution in [0.3, 0.4) is 0 Å². The molecule has 0 saturated heterocycles. The molecule has 330 valence electrons. The van der Waals surface area contributed by atoms with Crippen molar-refractivity contribution >= 4 is 100 Å². The molecular formula is C68H48N2. The van der Waals surface area contributed by atoms with E-state index in [0.717, 1.165) is 48.4 Å². The van der Waals surface area contributed by atoms with Gasteiger partial charge in [-0.15, -0.1) is 0 Å². The molecule has 14 rings (SSSR count). The highest BCUT2D eigenvalue weighted by Crippen LogP contribution is 2.54. The van der Waals surface area contributed by atoms with Crippen molar-refractivity contribution in [3.8, 4) is 22.3 Å². The maximum atomic E-state index is 2.58. The summed E-state index contributed by atoms with van der Waals surface area (Å²) in [6, 6.07) is 81.8. The van der Waals surface area contributed by atoms with Crippen LogP contribution in [0, 0.1) is 0 Å². The van der Waals surface area contributed by atoms with Gasteiger partial charge in [-0.2, -0.15) is 0 Å². The van der Waals surface area contributed by atoms with Crippen LogP contribution in [0.25, 0.3) is 88.3 Å². The van der Waals surface area contributed by atoms with Crippen molar-refractivity contribution in [2.45, 2.75) is 25.7 Å². The lowest BCUT2D eigenvalue weighted by atomic mass is 9.84. The van der Waals surface area contributed by atoms with E-state index in [1.165, 1.54) is 110 Å². The fraction of sp³-hybridized carbons (Fsp3) is 0.0588. The first-order valence-corrected chi connectivity index (χ1v) is 24.8. The summed E-state index contributed by atoms with van der Waals surface area (Å²) in [7, 11) is 0. The van der Waals surface area contributed by atoms with Crippen molar-refractivity contribution in [1.82, 2.24) is 0 Å². The molecule has 0 spiro atoms. The van der Waals surface area contributed by atoms with E-state index in [0.29, 0.717) is 0 Å². The third kappa shape index (κ3) is 6.41. The Bertz CT molecular complexity index is 3790. The van der Waals surface area contributed by atoms with Crippen LogP contribution in [-0.4, -0.2) is 0 Å². The third-order valence-corrected chi connectivity index (χ3v) is 15.1. The molecule has 2 aliphatic carbocycles. The van der Waals surface area contributed by atoms with Crippen LogP contribution in [0.4, 0.5) is 34.1 Å². The first-order valence-electron chi connectivity index (χ1n) is 24.8. The topological polar surface area (TPSA) is 6.48 Å². The molecule has 12 aromatic carbocycles. The maximum Gasteiger partial charge on any atom is 0.0547 e. The molecule has 70 heavy (non-hydrogen) atoms. The lowest BCUT2D eigenvalue weighted by Crippen LogP contribution is -2.15. The van der Waals surface area contributed by atoms with Gasteiger partial charge in [0.2, 0.25) is 0 Å². The second kappa shape index (κ2) is 16.5. The number of hydrogen-bond acceptors (Lipinski definition) is 2. The first-order chi connectivity index (χ1) is 34.8. The zero-order valence-corrected chi connectivity index (χ0v) is 38.8. The number of anilines is 6. The minimum Gasteiger partial charge on any atom is -0.309 e. The predicted molar refractivity (Wildman–Crippen MR) is 300 cm³/mol. The van der Waals surface area contributed by atoms with Gasteiger partial charge in [-0.1, -0.05) is 206 Å². The highest BCUT2D eigenvalue weighted by Gasteiger charge is 2.29. The molecule has 0 aliphatic heterocycles. The quantitative estimate of drug-likeness (QED) is 0.140. The fourth-order valence-corrected chi connectivity index (χ4v) is 11.9. The maximum absolute atomic E-state index is 2.58.